The fourth-order valence-corrected chi connectivity index (χ4v) is 4.03. The molecule has 0 saturated heterocycles. The molecule has 0 N–H and O–H groups in total. The SMILES string of the molecule is O=C1C2=C([CH]N1c1ccc(Cl)cn1)SCCS2. The fourth-order valence-electron chi connectivity index (χ4n) is 1.66. The molecule has 3 rings (SSSR count). The molecule has 1 amide bonds. The van der Waals surface area contributed by atoms with Gasteiger partial charge < -0.3 is 0 Å². The van der Waals surface area contributed by atoms with Crippen LogP contribution in [0.3, 0.4) is 0 Å². The van der Waals surface area contributed by atoms with Gasteiger partial charge in [-0.3, -0.25) is 9.69 Å². The Balaban J connectivity index is 1.88. The van der Waals surface area contributed by atoms with E-state index in [0.717, 1.165) is 21.3 Å². The van der Waals surface area contributed by atoms with Crippen LogP contribution in [0, 0.1) is 6.54 Å². The zero-order chi connectivity index (χ0) is 11.8. The zero-order valence-corrected chi connectivity index (χ0v) is 11.1. The number of carbonyl (C=O) groups is 1. The summed E-state index contributed by atoms with van der Waals surface area (Å²) in [6.45, 7) is 1.87. The Morgan fingerprint density at radius 3 is 2.82 bits per heavy atom. The molecular formula is C11H8ClN2OS2. The van der Waals surface area contributed by atoms with Crippen molar-refractivity contribution in [2.24, 2.45) is 0 Å². The number of aromatic nitrogens is 1. The lowest BCUT2D eigenvalue weighted by Gasteiger charge is -2.14. The Bertz CT molecular complexity index is 501. The highest BCUT2D eigenvalue weighted by Gasteiger charge is 2.34. The van der Waals surface area contributed by atoms with Gasteiger partial charge in [-0.1, -0.05) is 11.6 Å². The molecule has 3 nitrogen and oxygen atoms in total. The summed E-state index contributed by atoms with van der Waals surface area (Å²) in [5, 5.41) is 0.571. The topological polar surface area (TPSA) is 33.2 Å². The minimum atomic E-state index is 0.0204. The number of amides is 1. The Morgan fingerprint density at radius 2 is 2.12 bits per heavy atom. The van der Waals surface area contributed by atoms with Gasteiger partial charge in [0.2, 0.25) is 0 Å². The Labute approximate surface area is 113 Å². The van der Waals surface area contributed by atoms with Gasteiger partial charge in [0, 0.05) is 22.6 Å². The van der Waals surface area contributed by atoms with Gasteiger partial charge in [-0.2, -0.15) is 0 Å². The maximum atomic E-state index is 12.2. The van der Waals surface area contributed by atoms with Gasteiger partial charge in [-0.25, -0.2) is 4.98 Å². The number of anilines is 1. The van der Waals surface area contributed by atoms with Crippen molar-refractivity contribution in [2.45, 2.75) is 0 Å². The molecule has 0 saturated carbocycles. The van der Waals surface area contributed by atoms with Crippen molar-refractivity contribution in [3.8, 4) is 0 Å². The van der Waals surface area contributed by atoms with Gasteiger partial charge in [-0.05, 0) is 12.1 Å². The van der Waals surface area contributed by atoms with Crippen LogP contribution in [-0.2, 0) is 4.79 Å². The average molecular weight is 284 g/mol. The number of thioether (sulfide) groups is 2. The van der Waals surface area contributed by atoms with Gasteiger partial charge >= 0.3 is 0 Å². The summed E-state index contributed by atoms with van der Waals surface area (Å²) >= 11 is 9.13. The molecule has 0 bridgehead atoms. The number of nitrogens with zero attached hydrogens (tertiary/aromatic N) is 2. The molecule has 3 heterocycles. The molecule has 1 aromatic rings. The average Bonchev–Trinajstić information content (AvgIpc) is 2.69. The molecule has 87 valence electrons. The van der Waals surface area contributed by atoms with Crippen LogP contribution in [0.1, 0.15) is 0 Å². The maximum absolute atomic E-state index is 12.2. The molecule has 1 aromatic heterocycles. The van der Waals surface area contributed by atoms with E-state index in [-0.39, 0.29) is 5.91 Å². The third kappa shape index (κ3) is 2.07. The van der Waals surface area contributed by atoms with E-state index in [0.29, 0.717) is 10.8 Å². The molecule has 0 fully saturated rings. The normalized spacial score (nSPS) is 19.8. The summed E-state index contributed by atoms with van der Waals surface area (Å²) in [6.07, 6.45) is 1.55. The predicted molar refractivity (Wildman–Crippen MR) is 73.0 cm³/mol. The lowest BCUT2D eigenvalue weighted by molar-refractivity contribution is -0.113. The summed E-state index contributed by atoms with van der Waals surface area (Å²) in [7, 11) is 0. The molecule has 0 aliphatic carbocycles. The van der Waals surface area contributed by atoms with Crippen LogP contribution >= 0.6 is 35.1 Å². The summed E-state index contributed by atoms with van der Waals surface area (Å²) in [6, 6.07) is 3.49. The second-order valence-electron chi connectivity index (χ2n) is 3.53. The molecule has 2 aliphatic rings. The summed E-state index contributed by atoms with van der Waals surface area (Å²) in [5.74, 6) is 2.68. The van der Waals surface area contributed by atoms with Crippen molar-refractivity contribution >= 4 is 46.8 Å². The summed E-state index contributed by atoms with van der Waals surface area (Å²) < 4.78 is 0. The number of hydrogen-bond acceptors (Lipinski definition) is 4. The lowest BCUT2D eigenvalue weighted by atomic mass is 10.4. The Kier molecular flexibility index (Phi) is 3.06. The fraction of sp³-hybridized carbons (Fsp3) is 0.182. The van der Waals surface area contributed by atoms with E-state index in [9.17, 15) is 4.79 Å². The second-order valence-corrected chi connectivity index (χ2v) is 6.21. The van der Waals surface area contributed by atoms with Crippen LogP contribution in [0.5, 0.6) is 0 Å². The van der Waals surface area contributed by atoms with Crippen LogP contribution in [0.15, 0.2) is 28.1 Å². The molecule has 1 radical (unpaired) electrons. The lowest BCUT2D eigenvalue weighted by Crippen LogP contribution is -2.24. The Hall–Kier alpha value is -0.650. The monoisotopic (exact) mass is 283 g/mol. The van der Waals surface area contributed by atoms with E-state index in [1.165, 1.54) is 0 Å². The molecule has 0 spiro atoms. The first-order valence-corrected chi connectivity index (χ1v) is 7.40. The van der Waals surface area contributed by atoms with E-state index in [2.05, 4.69) is 4.98 Å². The first-order chi connectivity index (χ1) is 8.25. The van der Waals surface area contributed by atoms with E-state index >= 15 is 0 Å². The van der Waals surface area contributed by atoms with Gasteiger partial charge in [-0.15, -0.1) is 23.5 Å². The van der Waals surface area contributed by atoms with Crippen LogP contribution < -0.4 is 4.90 Å². The predicted octanol–water partition coefficient (Wildman–Crippen LogP) is 2.93. The van der Waals surface area contributed by atoms with Gasteiger partial charge in [0.25, 0.3) is 5.91 Å². The van der Waals surface area contributed by atoms with Crippen molar-refractivity contribution in [1.82, 2.24) is 4.98 Å². The Morgan fingerprint density at radius 1 is 1.29 bits per heavy atom. The first-order valence-electron chi connectivity index (χ1n) is 5.05. The van der Waals surface area contributed by atoms with Gasteiger partial charge in [0.05, 0.1) is 16.5 Å². The van der Waals surface area contributed by atoms with Crippen LogP contribution in [0.4, 0.5) is 5.82 Å². The van der Waals surface area contributed by atoms with Crippen LogP contribution in [0.2, 0.25) is 5.02 Å². The van der Waals surface area contributed by atoms with E-state index in [1.54, 1.807) is 46.8 Å². The van der Waals surface area contributed by atoms with Gasteiger partial charge in [0.15, 0.2) is 0 Å². The quantitative estimate of drug-likeness (QED) is 0.793. The molecule has 0 atom stereocenters. The molecule has 0 aromatic carbocycles. The highest BCUT2D eigenvalue weighted by molar-refractivity contribution is 8.10. The van der Waals surface area contributed by atoms with Gasteiger partial charge in [0.1, 0.15) is 5.82 Å². The number of hydrogen-bond donors (Lipinski definition) is 0. The van der Waals surface area contributed by atoms with Crippen molar-refractivity contribution in [2.75, 3.05) is 16.4 Å². The van der Waals surface area contributed by atoms with Crippen LogP contribution in [-0.4, -0.2) is 22.4 Å². The molecule has 0 unspecified atom stereocenters. The number of rotatable bonds is 1. The molecule has 6 heteroatoms. The molecular weight excluding hydrogens is 276 g/mol. The highest BCUT2D eigenvalue weighted by atomic mass is 35.5. The largest absolute Gasteiger partial charge is 0.282 e. The number of pyridine rings is 1. The second kappa shape index (κ2) is 4.55. The minimum absolute atomic E-state index is 0.0204. The van der Waals surface area contributed by atoms with E-state index in [4.69, 9.17) is 11.6 Å². The standard InChI is InChI=1S/C11H8ClN2OS2/c12-7-1-2-9(13-5-7)14-6-8-10(11(14)15)17-4-3-16-8/h1-2,5-6H,3-4H2. The van der Waals surface area contributed by atoms with E-state index in [1.807, 2.05) is 6.54 Å². The third-order valence-electron chi connectivity index (χ3n) is 2.43. The molecule has 2 aliphatic heterocycles. The van der Waals surface area contributed by atoms with E-state index < -0.39 is 0 Å². The number of carbonyl (C=O) groups excluding carboxylic acids is 1. The van der Waals surface area contributed by atoms with Crippen molar-refractivity contribution in [1.29, 1.82) is 0 Å². The third-order valence-corrected chi connectivity index (χ3v) is 5.16. The van der Waals surface area contributed by atoms with Crippen molar-refractivity contribution < 1.29 is 4.79 Å². The summed E-state index contributed by atoms with van der Waals surface area (Å²) in [4.78, 5) is 19.8. The smallest absolute Gasteiger partial charge is 0.267 e. The summed E-state index contributed by atoms with van der Waals surface area (Å²) in [5.41, 5.74) is 0. The first kappa shape index (κ1) is 11.4. The van der Waals surface area contributed by atoms with Crippen LogP contribution in [0.25, 0.3) is 0 Å². The van der Waals surface area contributed by atoms with Crippen molar-refractivity contribution in [3.05, 3.63) is 39.7 Å². The van der Waals surface area contributed by atoms with Crippen molar-refractivity contribution in [3.63, 3.8) is 0 Å². The molecule has 17 heavy (non-hydrogen) atoms. The zero-order valence-electron chi connectivity index (χ0n) is 8.72. The minimum Gasteiger partial charge on any atom is -0.282 e. The highest BCUT2D eigenvalue weighted by Crippen LogP contribution is 2.43. The number of halogens is 1. The maximum Gasteiger partial charge on any atom is 0.267 e.